The van der Waals surface area contributed by atoms with Crippen LogP contribution in [0.4, 0.5) is 0 Å². The van der Waals surface area contributed by atoms with Gasteiger partial charge in [-0.15, -0.1) is 0 Å². The van der Waals surface area contributed by atoms with E-state index in [9.17, 15) is 9.59 Å². The average molecular weight is 298 g/mol. The maximum atomic E-state index is 12.8. The predicted octanol–water partition coefficient (Wildman–Crippen LogP) is 1.89. The Kier molecular flexibility index (Phi) is 4.67. The summed E-state index contributed by atoms with van der Waals surface area (Å²) in [6.45, 7) is 6.72. The molecule has 0 aromatic carbocycles. The zero-order valence-corrected chi connectivity index (χ0v) is 13.8. The number of hydrogen-bond donors (Lipinski definition) is 1. The van der Waals surface area contributed by atoms with Crippen LogP contribution in [0.25, 0.3) is 0 Å². The van der Waals surface area contributed by atoms with Crippen molar-refractivity contribution in [2.45, 2.75) is 51.6 Å². The lowest BCUT2D eigenvalue weighted by atomic mass is 9.85. The smallest absolute Gasteiger partial charge is 0.246 e. The SMILES string of the molecule is CCC(C)C1NC(=O)C(C)(C2CC2)N(CCSC)C1=O. The van der Waals surface area contributed by atoms with Gasteiger partial charge < -0.3 is 10.2 Å². The van der Waals surface area contributed by atoms with E-state index in [4.69, 9.17) is 0 Å². The van der Waals surface area contributed by atoms with Crippen molar-refractivity contribution in [3.8, 4) is 0 Å². The fourth-order valence-electron chi connectivity index (χ4n) is 3.07. The highest BCUT2D eigenvalue weighted by atomic mass is 32.2. The standard InChI is InChI=1S/C15H26N2O2S/c1-5-10(2)12-13(18)17(8-9-20-4)15(3,11-6-7-11)14(19)16-12/h10-12H,5-9H2,1-4H3,(H,16,19). The molecule has 0 spiro atoms. The second-order valence-corrected chi connectivity index (χ2v) is 7.23. The number of carbonyl (C=O) groups excluding carboxylic acids is 2. The van der Waals surface area contributed by atoms with Gasteiger partial charge in [-0.2, -0.15) is 11.8 Å². The number of hydrogen-bond acceptors (Lipinski definition) is 3. The van der Waals surface area contributed by atoms with Gasteiger partial charge in [-0.05, 0) is 37.9 Å². The predicted molar refractivity (Wildman–Crippen MR) is 82.6 cm³/mol. The van der Waals surface area contributed by atoms with Crippen LogP contribution in [-0.2, 0) is 9.59 Å². The number of thioether (sulfide) groups is 1. The quantitative estimate of drug-likeness (QED) is 0.814. The van der Waals surface area contributed by atoms with Crippen LogP contribution in [0.1, 0.15) is 40.0 Å². The molecule has 1 N–H and O–H groups in total. The third-order valence-corrected chi connectivity index (χ3v) is 5.53. The lowest BCUT2D eigenvalue weighted by molar-refractivity contribution is -0.159. The fourth-order valence-corrected chi connectivity index (χ4v) is 3.43. The van der Waals surface area contributed by atoms with E-state index in [1.165, 1.54) is 0 Å². The van der Waals surface area contributed by atoms with Crippen molar-refractivity contribution in [1.29, 1.82) is 0 Å². The molecule has 114 valence electrons. The van der Waals surface area contributed by atoms with Gasteiger partial charge in [-0.1, -0.05) is 20.3 Å². The van der Waals surface area contributed by atoms with Gasteiger partial charge in [-0.25, -0.2) is 0 Å². The Hall–Kier alpha value is -0.710. The highest BCUT2D eigenvalue weighted by Gasteiger charge is 2.57. The molecule has 5 heteroatoms. The van der Waals surface area contributed by atoms with Gasteiger partial charge in [0, 0.05) is 12.3 Å². The molecule has 2 fully saturated rings. The van der Waals surface area contributed by atoms with E-state index in [1.807, 2.05) is 25.0 Å². The molecule has 1 saturated carbocycles. The summed E-state index contributed by atoms with van der Waals surface area (Å²) in [7, 11) is 0. The molecule has 4 nitrogen and oxygen atoms in total. The highest BCUT2D eigenvalue weighted by molar-refractivity contribution is 7.98. The van der Waals surface area contributed by atoms with Gasteiger partial charge in [0.15, 0.2) is 0 Å². The number of rotatable bonds is 6. The van der Waals surface area contributed by atoms with Gasteiger partial charge in [0.05, 0.1) is 0 Å². The molecule has 3 atom stereocenters. The van der Waals surface area contributed by atoms with Crippen LogP contribution in [0.3, 0.4) is 0 Å². The van der Waals surface area contributed by atoms with E-state index in [0.29, 0.717) is 12.5 Å². The molecule has 1 heterocycles. The molecule has 0 aromatic heterocycles. The molecule has 2 aliphatic rings. The van der Waals surface area contributed by atoms with E-state index in [0.717, 1.165) is 25.0 Å². The van der Waals surface area contributed by atoms with E-state index >= 15 is 0 Å². The van der Waals surface area contributed by atoms with Crippen molar-refractivity contribution in [3.05, 3.63) is 0 Å². The van der Waals surface area contributed by atoms with Crippen LogP contribution in [0, 0.1) is 11.8 Å². The average Bonchev–Trinajstić information content (AvgIpc) is 3.26. The number of nitrogens with one attached hydrogen (secondary N) is 1. The Balaban J connectivity index is 2.26. The Labute approximate surface area is 126 Å². The molecule has 3 unspecified atom stereocenters. The molecular weight excluding hydrogens is 272 g/mol. The summed E-state index contributed by atoms with van der Waals surface area (Å²) >= 11 is 1.72. The fraction of sp³-hybridized carbons (Fsp3) is 0.867. The Bertz CT molecular complexity index is 397. The maximum Gasteiger partial charge on any atom is 0.246 e. The molecule has 2 rings (SSSR count). The maximum absolute atomic E-state index is 12.8. The van der Waals surface area contributed by atoms with Crippen LogP contribution in [0.15, 0.2) is 0 Å². The molecule has 1 saturated heterocycles. The number of nitrogens with zero attached hydrogens (tertiary/aromatic N) is 1. The van der Waals surface area contributed by atoms with Crippen molar-refractivity contribution >= 4 is 23.6 Å². The third kappa shape index (κ3) is 2.57. The molecule has 20 heavy (non-hydrogen) atoms. The van der Waals surface area contributed by atoms with Crippen LogP contribution in [0.5, 0.6) is 0 Å². The molecule has 0 radical (unpaired) electrons. The summed E-state index contributed by atoms with van der Waals surface area (Å²) in [4.78, 5) is 27.3. The van der Waals surface area contributed by atoms with Gasteiger partial charge >= 0.3 is 0 Å². The summed E-state index contributed by atoms with van der Waals surface area (Å²) in [5, 5.41) is 3.00. The van der Waals surface area contributed by atoms with E-state index < -0.39 is 5.54 Å². The Morgan fingerprint density at radius 2 is 2.10 bits per heavy atom. The lowest BCUT2D eigenvalue weighted by Crippen LogP contribution is -2.71. The Morgan fingerprint density at radius 1 is 1.45 bits per heavy atom. The van der Waals surface area contributed by atoms with Crippen molar-refractivity contribution in [3.63, 3.8) is 0 Å². The van der Waals surface area contributed by atoms with Crippen LogP contribution in [0.2, 0.25) is 0 Å². The minimum Gasteiger partial charge on any atom is -0.342 e. The second-order valence-electron chi connectivity index (χ2n) is 6.24. The monoisotopic (exact) mass is 298 g/mol. The number of piperazine rings is 1. The molecular formula is C15H26N2O2S. The van der Waals surface area contributed by atoms with E-state index in [2.05, 4.69) is 12.2 Å². The van der Waals surface area contributed by atoms with E-state index in [1.54, 1.807) is 11.8 Å². The molecule has 1 aliphatic heterocycles. The van der Waals surface area contributed by atoms with Crippen molar-refractivity contribution in [2.75, 3.05) is 18.6 Å². The van der Waals surface area contributed by atoms with Gasteiger partial charge in [0.25, 0.3) is 0 Å². The first-order valence-corrected chi connectivity index (χ1v) is 8.97. The van der Waals surface area contributed by atoms with Gasteiger partial charge in [0.2, 0.25) is 11.8 Å². The molecule has 2 amide bonds. The van der Waals surface area contributed by atoms with Crippen molar-refractivity contribution in [1.82, 2.24) is 10.2 Å². The first-order chi connectivity index (χ1) is 9.46. The topological polar surface area (TPSA) is 49.4 Å². The summed E-state index contributed by atoms with van der Waals surface area (Å²) in [5.74, 6) is 1.57. The van der Waals surface area contributed by atoms with Crippen LogP contribution < -0.4 is 5.32 Å². The third-order valence-electron chi connectivity index (χ3n) is 4.94. The molecule has 0 bridgehead atoms. The first kappa shape index (κ1) is 15.7. The highest BCUT2D eigenvalue weighted by Crippen LogP contribution is 2.45. The lowest BCUT2D eigenvalue weighted by Gasteiger charge is -2.47. The second kappa shape index (κ2) is 5.96. The summed E-state index contributed by atoms with van der Waals surface area (Å²) in [6, 6.07) is -0.346. The minimum atomic E-state index is -0.628. The van der Waals surface area contributed by atoms with Gasteiger partial charge in [-0.3, -0.25) is 9.59 Å². The largest absolute Gasteiger partial charge is 0.342 e. The normalized spacial score (nSPS) is 32.2. The molecule has 1 aliphatic carbocycles. The summed E-state index contributed by atoms with van der Waals surface area (Å²) in [6.07, 6.45) is 5.05. The first-order valence-electron chi connectivity index (χ1n) is 7.58. The van der Waals surface area contributed by atoms with E-state index in [-0.39, 0.29) is 23.8 Å². The van der Waals surface area contributed by atoms with Crippen LogP contribution in [-0.4, -0.2) is 46.8 Å². The van der Waals surface area contributed by atoms with Crippen LogP contribution >= 0.6 is 11.8 Å². The minimum absolute atomic E-state index is 0.0472. The summed E-state index contributed by atoms with van der Waals surface area (Å²) in [5.41, 5.74) is -0.628. The molecule has 0 aromatic rings. The number of carbonyl (C=O) groups is 2. The zero-order chi connectivity index (χ0) is 14.9. The zero-order valence-electron chi connectivity index (χ0n) is 12.9. The number of amides is 2. The summed E-state index contributed by atoms with van der Waals surface area (Å²) < 4.78 is 0. The van der Waals surface area contributed by atoms with Crippen molar-refractivity contribution < 1.29 is 9.59 Å². The van der Waals surface area contributed by atoms with Crippen molar-refractivity contribution in [2.24, 2.45) is 11.8 Å². The Morgan fingerprint density at radius 3 is 2.60 bits per heavy atom. The van der Waals surface area contributed by atoms with Gasteiger partial charge in [0.1, 0.15) is 11.6 Å².